The molecular weight excluding hydrogens is 202 g/mol. The third-order valence-corrected chi connectivity index (χ3v) is 3.44. The number of methoxy groups -OCH3 is 1. The van der Waals surface area contributed by atoms with E-state index in [9.17, 15) is 5.11 Å². The first-order chi connectivity index (χ1) is 7.65. The summed E-state index contributed by atoms with van der Waals surface area (Å²) in [4.78, 5) is 0. The molecule has 1 aliphatic rings. The monoisotopic (exact) mass is 221 g/mol. The Labute approximate surface area is 96.4 Å². The van der Waals surface area contributed by atoms with Crippen LogP contribution in [0.1, 0.15) is 35.6 Å². The van der Waals surface area contributed by atoms with Gasteiger partial charge in [0, 0.05) is 11.6 Å². The summed E-state index contributed by atoms with van der Waals surface area (Å²) in [5.74, 6) is 0.911. The maximum absolute atomic E-state index is 10.1. The lowest BCUT2D eigenvalue weighted by atomic mass is 9.97. The standard InChI is InChI=1S/C13H19NO2/c1-8-7-10(11-5-4-6-14-11)13(16-3)12(15)9(8)2/h7,11,14-15H,4-6H2,1-3H3. The second-order valence-corrected chi connectivity index (χ2v) is 4.44. The van der Waals surface area contributed by atoms with E-state index >= 15 is 0 Å². The van der Waals surface area contributed by atoms with Crippen LogP contribution in [-0.4, -0.2) is 18.8 Å². The third kappa shape index (κ3) is 1.76. The Bertz CT molecular complexity index is 395. The topological polar surface area (TPSA) is 41.5 Å². The van der Waals surface area contributed by atoms with Crippen molar-refractivity contribution in [3.8, 4) is 11.5 Å². The first-order valence-corrected chi connectivity index (χ1v) is 5.75. The number of nitrogens with one attached hydrogen (secondary N) is 1. The van der Waals surface area contributed by atoms with E-state index in [-0.39, 0.29) is 5.75 Å². The van der Waals surface area contributed by atoms with Crippen LogP contribution in [0.15, 0.2) is 6.07 Å². The summed E-state index contributed by atoms with van der Waals surface area (Å²) >= 11 is 0. The molecule has 2 N–H and O–H groups in total. The predicted molar refractivity (Wildman–Crippen MR) is 64.1 cm³/mol. The van der Waals surface area contributed by atoms with Crippen molar-refractivity contribution in [1.29, 1.82) is 0 Å². The lowest BCUT2D eigenvalue weighted by molar-refractivity contribution is 0.362. The minimum Gasteiger partial charge on any atom is -0.504 e. The van der Waals surface area contributed by atoms with Crippen LogP contribution < -0.4 is 10.1 Å². The SMILES string of the molecule is COc1c(C2CCCN2)cc(C)c(C)c1O. The average Bonchev–Trinajstić information content (AvgIpc) is 2.79. The number of phenolic OH excluding ortho intramolecular Hbond substituents is 1. The fourth-order valence-corrected chi connectivity index (χ4v) is 2.32. The van der Waals surface area contributed by atoms with Crippen molar-refractivity contribution in [2.45, 2.75) is 32.7 Å². The van der Waals surface area contributed by atoms with Gasteiger partial charge in [-0.2, -0.15) is 0 Å². The first kappa shape index (κ1) is 11.3. The van der Waals surface area contributed by atoms with Gasteiger partial charge in [-0.25, -0.2) is 0 Å². The predicted octanol–water partition coefficient (Wildman–Crippen LogP) is 2.44. The van der Waals surface area contributed by atoms with Crippen LogP contribution in [0.4, 0.5) is 0 Å². The van der Waals surface area contributed by atoms with Gasteiger partial charge in [0.05, 0.1) is 7.11 Å². The molecule has 1 aromatic rings. The van der Waals surface area contributed by atoms with Gasteiger partial charge < -0.3 is 15.2 Å². The molecule has 1 saturated heterocycles. The molecule has 2 rings (SSSR count). The fraction of sp³-hybridized carbons (Fsp3) is 0.538. The summed E-state index contributed by atoms with van der Waals surface area (Å²) in [6.45, 7) is 4.98. The molecule has 0 aliphatic carbocycles. The summed E-state index contributed by atoms with van der Waals surface area (Å²) in [5, 5.41) is 13.5. The van der Waals surface area contributed by atoms with Crippen LogP contribution in [0.2, 0.25) is 0 Å². The van der Waals surface area contributed by atoms with Crippen molar-refractivity contribution in [3.63, 3.8) is 0 Å². The number of ether oxygens (including phenoxy) is 1. The van der Waals surface area contributed by atoms with Crippen LogP contribution in [0, 0.1) is 13.8 Å². The zero-order valence-corrected chi connectivity index (χ0v) is 10.1. The highest BCUT2D eigenvalue weighted by Crippen LogP contribution is 2.40. The maximum Gasteiger partial charge on any atom is 0.165 e. The van der Waals surface area contributed by atoms with Crippen molar-refractivity contribution >= 4 is 0 Å². The van der Waals surface area contributed by atoms with E-state index in [0.717, 1.165) is 29.7 Å². The molecule has 1 unspecified atom stereocenters. The second-order valence-electron chi connectivity index (χ2n) is 4.44. The molecule has 3 heteroatoms. The summed E-state index contributed by atoms with van der Waals surface area (Å²) in [5.41, 5.74) is 3.10. The Balaban J connectivity index is 2.50. The summed E-state index contributed by atoms with van der Waals surface area (Å²) in [7, 11) is 1.61. The van der Waals surface area contributed by atoms with Gasteiger partial charge in [0.1, 0.15) is 0 Å². The van der Waals surface area contributed by atoms with Gasteiger partial charge in [-0.05, 0) is 44.4 Å². The molecule has 1 atom stereocenters. The zero-order valence-electron chi connectivity index (χ0n) is 10.1. The van der Waals surface area contributed by atoms with Gasteiger partial charge in [0.15, 0.2) is 11.5 Å². The van der Waals surface area contributed by atoms with Crippen molar-refractivity contribution in [1.82, 2.24) is 5.32 Å². The summed E-state index contributed by atoms with van der Waals surface area (Å²) in [6.07, 6.45) is 2.29. The molecule has 16 heavy (non-hydrogen) atoms. The van der Waals surface area contributed by atoms with Gasteiger partial charge in [-0.15, -0.1) is 0 Å². The molecule has 1 aromatic carbocycles. The van der Waals surface area contributed by atoms with Gasteiger partial charge in [-0.3, -0.25) is 0 Å². The van der Waals surface area contributed by atoms with Crippen LogP contribution in [0.5, 0.6) is 11.5 Å². The molecule has 0 radical (unpaired) electrons. The molecule has 1 fully saturated rings. The Morgan fingerprint density at radius 1 is 1.44 bits per heavy atom. The number of aromatic hydroxyl groups is 1. The Morgan fingerprint density at radius 2 is 2.19 bits per heavy atom. The van der Waals surface area contributed by atoms with E-state index in [2.05, 4.69) is 11.4 Å². The Morgan fingerprint density at radius 3 is 2.75 bits per heavy atom. The van der Waals surface area contributed by atoms with Crippen molar-refractivity contribution in [2.75, 3.05) is 13.7 Å². The zero-order chi connectivity index (χ0) is 11.7. The average molecular weight is 221 g/mol. The van der Waals surface area contributed by atoms with Crippen LogP contribution in [0.3, 0.4) is 0 Å². The molecule has 88 valence electrons. The van der Waals surface area contributed by atoms with Crippen LogP contribution in [0.25, 0.3) is 0 Å². The molecule has 0 aromatic heterocycles. The lowest BCUT2D eigenvalue weighted by Crippen LogP contribution is -2.14. The van der Waals surface area contributed by atoms with E-state index < -0.39 is 0 Å². The van der Waals surface area contributed by atoms with Crippen molar-refractivity contribution < 1.29 is 9.84 Å². The Hall–Kier alpha value is -1.22. The molecular formula is C13H19NO2. The normalized spacial score (nSPS) is 20.1. The summed E-state index contributed by atoms with van der Waals surface area (Å²) in [6, 6.07) is 2.44. The molecule has 0 bridgehead atoms. The molecule has 0 spiro atoms. The Kier molecular flexibility index (Phi) is 3.06. The largest absolute Gasteiger partial charge is 0.504 e. The smallest absolute Gasteiger partial charge is 0.165 e. The highest BCUT2D eigenvalue weighted by molar-refractivity contribution is 5.55. The minimum absolute atomic E-state index is 0.284. The van der Waals surface area contributed by atoms with Crippen LogP contribution in [-0.2, 0) is 0 Å². The number of benzene rings is 1. The van der Waals surface area contributed by atoms with E-state index in [1.165, 1.54) is 6.42 Å². The number of rotatable bonds is 2. The van der Waals surface area contributed by atoms with Gasteiger partial charge in [-0.1, -0.05) is 6.07 Å². The fourth-order valence-electron chi connectivity index (χ4n) is 2.32. The number of hydrogen-bond acceptors (Lipinski definition) is 3. The molecule has 1 heterocycles. The van der Waals surface area contributed by atoms with E-state index in [1.807, 2.05) is 13.8 Å². The molecule has 0 amide bonds. The lowest BCUT2D eigenvalue weighted by Gasteiger charge is -2.18. The first-order valence-electron chi connectivity index (χ1n) is 5.75. The number of phenols is 1. The van der Waals surface area contributed by atoms with Crippen molar-refractivity contribution in [3.05, 3.63) is 22.8 Å². The van der Waals surface area contributed by atoms with Gasteiger partial charge in [0.25, 0.3) is 0 Å². The third-order valence-electron chi connectivity index (χ3n) is 3.44. The maximum atomic E-state index is 10.1. The summed E-state index contributed by atoms with van der Waals surface area (Å²) < 4.78 is 5.33. The number of aryl methyl sites for hydroxylation is 1. The quantitative estimate of drug-likeness (QED) is 0.806. The van der Waals surface area contributed by atoms with Crippen LogP contribution >= 0.6 is 0 Å². The molecule has 1 aliphatic heterocycles. The van der Waals surface area contributed by atoms with Crippen molar-refractivity contribution in [2.24, 2.45) is 0 Å². The number of hydrogen-bond donors (Lipinski definition) is 2. The molecule has 0 saturated carbocycles. The van der Waals surface area contributed by atoms with E-state index in [0.29, 0.717) is 11.8 Å². The van der Waals surface area contributed by atoms with E-state index in [4.69, 9.17) is 4.74 Å². The van der Waals surface area contributed by atoms with Gasteiger partial charge in [0.2, 0.25) is 0 Å². The molecule has 3 nitrogen and oxygen atoms in total. The highest BCUT2D eigenvalue weighted by Gasteiger charge is 2.23. The highest BCUT2D eigenvalue weighted by atomic mass is 16.5. The second kappa shape index (κ2) is 4.34. The van der Waals surface area contributed by atoms with E-state index in [1.54, 1.807) is 7.11 Å². The van der Waals surface area contributed by atoms with Gasteiger partial charge >= 0.3 is 0 Å². The minimum atomic E-state index is 0.284.